The number of halogens is 1. The maximum absolute atomic E-state index is 11.5. The van der Waals surface area contributed by atoms with Crippen LogP contribution in [0.5, 0.6) is 0 Å². The van der Waals surface area contributed by atoms with Crippen LogP contribution in [0.2, 0.25) is 4.34 Å². The van der Waals surface area contributed by atoms with E-state index >= 15 is 0 Å². The van der Waals surface area contributed by atoms with Crippen molar-refractivity contribution >= 4 is 33.0 Å². The van der Waals surface area contributed by atoms with Crippen LogP contribution in [0.25, 0.3) is 0 Å². The second kappa shape index (κ2) is 4.59. The normalized spacial score (nSPS) is 11.9. The smallest absolute Gasteiger partial charge is 0.271 e. The van der Waals surface area contributed by atoms with Crippen LogP contribution in [-0.2, 0) is 14.9 Å². The lowest BCUT2D eigenvalue weighted by atomic mass is 10.4. The molecule has 0 radical (unpaired) electrons. The summed E-state index contributed by atoms with van der Waals surface area (Å²) in [6.45, 7) is 3.71. The topological polar surface area (TPSA) is 55.4 Å². The Bertz CT molecular complexity index is 393. The Morgan fingerprint density at radius 3 is 2.71 bits per heavy atom. The first-order valence-corrected chi connectivity index (χ1v) is 6.54. The molecule has 1 N–H and O–H groups in total. The number of hydrogen-bond donors (Lipinski definition) is 1. The van der Waals surface area contributed by atoms with Crippen LogP contribution in [0.3, 0.4) is 0 Å². The Kier molecular flexibility index (Phi) is 3.91. The number of aryl methyl sites for hydroxylation is 1. The van der Waals surface area contributed by atoms with Gasteiger partial charge in [0.15, 0.2) is 0 Å². The maximum Gasteiger partial charge on any atom is 0.271 e. The summed E-state index contributed by atoms with van der Waals surface area (Å²) in [7, 11) is -3.56. The molecule has 0 aliphatic heterocycles. The van der Waals surface area contributed by atoms with Gasteiger partial charge < -0.3 is 0 Å². The van der Waals surface area contributed by atoms with Crippen molar-refractivity contribution < 1.29 is 13.3 Å². The molecule has 1 aromatic heterocycles. The van der Waals surface area contributed by atoms with Gasteiger partial charge in [-0.15, -0.1) is 11.3 Å². The maximum atomic E-state index is 11.5. The first-order chi connectivity index (χ1) is 6.47. The molecule has 0 aromatic carbocycles. The van der Waals surface area contributed by atoms with Crippen LogP contribution in [0.15, 0.2) is 10.3 Å². The van der Waals surface area contributed by atoms with E-state index in [-0.39, 0.29) is 10.8 Å². The molecule has 0 spiro atoms. The van der Waals surface area contributed by atoms with Crippen LogP contribution in [0, 0.1) is 6.92 Å². The zero-order valence-corrected chi connectivity index (χ0v) is 10.1. The third-order valence-corrected chi connectivity index (χ3v) is 4.66. The molecule has 14 heavy (non-hydrogen) atoms. The Hall–Kier alpha value is -0.140. The van der Waals surface area contributed by atoms with Gasteiger partial charge >= 0.3 is 0 Å². The zero-order valence-electron chi connectivity index (χ0n) is 7.70. The van der Waals surface area contributed by atoms with Gasteiger partial charge in [-0.1, -0.05) is 16.5 Å². The Balaban J connectivity index is 2.93. The standard InChI is InChI=1S/C7H10ClNO3S2/c1-3-12-9-14(10,11)6-4-5(2)7(8)13-6/h4,9H,3H2,1-2H3. The molecule has 4 nitrogen and oxygen atoms in total. The van der Waals surface area contributed by atoms with Gasteiger partial charge in [-0.2, -0.15) is 0 Å². The van der Waals surface area contributed by atoms with E-state index in [0.717, 1.165) is 16.9 Å². The van der Waals surface area contributed by atoms with Crippen molar-refractivity contribution in [3.8, 4) is 0 Å². The van der Waals surface area contributed by atoms with Crippen molar-refractivity contribution in [3.05, 3.63) is 16.0 Å². The summed E-state index contributed by atoms with van der Waals surface area (Å²) in [5, 5.41) is 0. The minimum atomic E-state index is -3.56. The zero-order chi connectivity index (χ0) is 10.8. The lowest BCUT2D eigenvalue weighted by Crippen LogP contribution is -2.23. The van der Waals surface area contributed by atoms with Crippen molar-refractivity contribution in [3.63, 3.8) is 0 Å². The van der Waals surface area contributed by atoms with E-state index < -0.39 is 10.0 Å². The SMILES string of the molecule is CCONS(=O)(=O)c1cc(C)c(Cl)s1. The molecule has 0 saturated carbocycles. The fourth-order valence-corrected chi connectivity index (χ4v) is 3.29. The fraction of sp³-hybridized carbons (Fsp3) is 0.429. The van der Waals surface area contributed by atoms with Gasteiger partial charge in [-0.05, 0) is 25.5 Å². The number of nitrogens with one attached hydrogen (secondary N) is 1. The molecule has 0 amide bonds. The molecule has 1 aromatic rings. The highest BCUT2D eigenvalue weighted by molar-refractivity contribution is 7.91. The third-order valence-electron chi connectivity index (χ3n) is 1.41. The molecule has 0 aliphatic rings. The summed E-state index contributed by atoms with van der Waals surface area (Å²) in [6.07, 6.45) is 0. The largest absolute Gasteiger partial charge is 0.287 e. The van der Waals surface area contributed by atoms with Gasteiger partial charge in [0.1, 0.15) is 4.21 Å². The van der Waals surface area contributed by atoms with Crippen molar-refractivity contribution in [2.75, 3.05) is 6.61 Å². The average molecular weight is 256 g/mol. The second-order valence-electron chi connectivity index (χ2n) is 2.54. The quantitative estimate of drug-likeness (QED) is 0.837. The molecular weight excluding hydrogens is 246 g/mol. The molecule has 0 fully saturated rings. The Morgan fingerprint density at radius 1 is 1.64 bits per heavy atom. The molecule has 1 rings (SSSR count). The predicted octanol–water partition coefficient (Wildman–Crippen LogP) is 1.94. The summed E-state index contributed by atoms with van der Waals surface area (Å²) >= 11 is 6.76. The minimum Gasteiger partial charge on any atom is -0.287 e. The highest BCUT2D eigenvalue weighted by Crippen LogP contribution is 2.29. The highest BCUT2D eigenvalue weighted by Gasteiger charge is 2.18. The van der Waals surface area contributed by atoms with Crippen molar-refractivity contribution in [2.24, 2.45) is 0 Å². The average Bonchev–Trinajstić information content (AvgIpc) is 2.45. The molecule has 1 heterocycles. The minimum absolute atomic E-state index is 0.161. The number of thiophene rings is 1. The first-order valence-electron chi connectivity index (χ1n) is 3.87. The monoisotopic (exact) mass is 255 g/mol. The lowest BCUT2D eigenvalue weighted by molar-refractivity contribution is 0.105. The predicted molar refractivity (Wildman–Crippen MR) is 56.0 cm³/mol. The van der Waals surface area contributed by atoms with E-state index in [1.807, 2.05) is 4.89 Å². The van der Waals surface area contributed by atoms with Gasteiger partial charge in [-0.25, -0.2) is 8.42 Å². The molecule has 7 heteroatoms. The van der Waals surface area contributed by atoms with E-state index in [0.29, 0.717) is 4.34 Å². The second-order valence-corrected chi connectivity index (χ2v) is 6.07. The van der Waals surface area contributed by atoms with E-state index in [1.54, 1.807) is 13.8 Å². The molecule has 0 atom stereocenters. The fourth-order valence-electron chi connectivity index (χ4n) is 0.742. The first kappa shape index (κ1) is 11.9. The number of hydrogen-bond acceptors (Lipinski definition) is 4. The van der Waals surface area contributed by atoms with E-state index in [9.17, 15) is 8.42 Å². The Labute approximate surface area is 91.8 Å². The van der Waals surface area contributed by atoms with Gasteiger partial charge in [-0.3, -0.25) is 4.84 Å². The lowest BCUT2D eigenvalue weighted by Gasteiger charge is -2.01. The summed E-state index contributed by atoms with van der Waals surface area (Å²) in [6, 6.07) is 1.51. The van der Waals surface area contributed by atoms with Gasteiger partial charge in [0, 0.05) is 0 Å². The number of rotatable bonds is 4. The van der Waals surface area contributed by atoms with Crippen LogP contribution in [-0.4, -0.2) is 15.0 Å². The van der Waals surface area contributed by atoms with Crippen LogP contribution in [0.4, 0.5) is 0 Å². The van der Waals surface area contributed by atoms with Gasteiger partial charge in [0.25, 0.3) is 10.0 Å². The van der Waals surface area contributed by atoms with Crippen molar-refractivity contribution in [2.45, 2.75) is 18.1 Å². The van der Waals surface area contributed by atoms with Crippen LogP contribution < -0.4 is 4.89 Å². The summed E-state index contributed by atoms with van der Waals surface area (Å²) in [4.78, 5) is 6.62. The van der Waals surface area contributed by atoms with Crippen LogP contribution in [0.1, 0.15) is 12.5 Å². The van der Waals surface area contributed by atoms with E-state index in [1.165, 1.54) is 6.07 Å². The van der Waals surface area contributed by atoms with Crippen LogP contribution >= 0.6 is 22.9 Å². The van der Waals surface area contributed by atoms with Gasteiger partial charge in [0.05, 0.1) is 10.9 Å². The van der Waals surface area contributed by atoms with Crippen molar-refractivity contribution in [1.82, 2.24) is 4.89 Å². The molecule has 80 valence electrons. The van der Waals surface area contributed by atoms with E-state index in [4.69, 9.17) is 11.6 Å². The molecule has 0 bridgehead atoms. The Morgan fingerprint density at radius 2 is 2.29 bits per heavy atom. The molecule has 0 aliphatic carbocycles. The summed E-state index contributed by atoms with van der Waals surface area (Å²) < 4.78 is 23.6. The molecule has 0 saturated heterocycles. The summed E-state index contributed by atoms with van der Waals surface area (Å²) in [5.74, 6) is 0. The highest BCUT2D eigenvalue weighted by atomic mass is 35.5. The van der Waals surface area contributed by atoms with E-state index in [2.05, 4.69) is 4.84 Å². The van der Waals surface area contributed by atoms with Gasteiger partial charge in [0.2, 0.25) is 0 Å². The molecule has 0 unspecified atom stereocenters. The third kappa shape index (κ3) is 2.68. The summed E-state index contributed by atoms with van der Waals surface area (Å²) in [5.41, 5.74) is 0.744. The number of sulfonamides is 1. The molecular formula is C7H10ClNO3S2. The van der Waals surface area contributed by atoms with Crippen molar-refractivity contribution in [1.29, 1.82) is 0 Å².